The van der Waals surface area contributed by atoms with Crippen molar-refractivity contribution in [1.82, 2.24) is 10.2 Å². The zero-order chi connectivity index (χ0) is 25.3. The molecule has 2 aromatic carbocycles. The van der Waals surface area contributed by atoms with Gasteiger partial charge < -0.3 is 15.4 Å². The Morgan fingerprint density at radius 2 is 1.51 bits per heavy atom. The number of amides is 2. The molecule has 7 nitrogen and oxygen atoms in total. The number of nitrogens with one attached hydrogen (secondary N) is 3. The molecule has 0 saturated carbocycles. The van der Waals surface area contributed by atoms with Crippen LogP contribution in [0.3, 0.4) is 0 Å². The zero-order valence-corrected chi connectivity index (χ0v) is 21.7. The molecule has 1 aliphatic rings. The van der Waals surface area contributed by atoms with Crippen LogP contribution >= 0.6 is 12.2 Å². The van der Waals surface area contributed by atoms with E-state index in [-0.39, 0.29) is 22.3 Å². The summed E-state index contributed by atoms with van der Waals surface area (Å²) >= 11 is 5.28. The van der Waals surface area contributed by atoms with Crippen molar-refractivity contribution >= 4 is 40.5 Å². The van der Waals surface area contributed by atoms with E-state index in [0.29, 0.717) is 12.0 Å². The number of nitrogens with zero attached hydrogens (tertiary/aromatic N) is 1. The van der Waals surface area contributed by atoms with Crippen molar-refractivity contribution in [3.63, 3.8) is 0 Å². The minimum atomic E-state index is -0.263. The number of carbonyl (C=O) groups excluding carboxylic acids is 2. The van der Waals surface area contributed by atoms with E-state index in [4.69, 9.17) is 17.0 Å². The minimum absolute atomic E-state index is 0.00736. The smallest absolute Gasteiger partial charge is 0.257 e. The van der Waals surface area contributed by atoms with Crippen molar-refractivity contribution < 1.29 is 14.3 Å². The zero-order valence-electron chi connectivity index (χ0n) is 20.9. The summed E-state index contributed by atoms with van der Waals surface area (Å²) in [4.78, 5) is 27.1. The van der Waals surface area contributed by atoms with Crippen molar-refractivity contribution in [3.8, 4) is 0 Å². The Kier molecular flexibility index (Phi) is 9.77. The molecule has 1 saturated heterocycles. The topological polar surface area (TPSA) is 82.7 Å². The third-order valence-electron chi connectivity index (χ3n) is 5.90. The molecule has 1 aliphatic heterocycles. The fraction of sp³-hybridized carbons (Fsp3) is 0.444. The average molecular weight is 497 g/mol. The third-order valence-corrected chi connectivity index (χ3v) is 6.10. The quantitative estimate of drug-likeness (QED) is 0.367. The molecular weight excluding hydrogens is 460 g/mol. The van der Waals surface area contributed by atoms with Crippen LogP contribution in [0.15, 0.2) is 48.5 Å². The summed E-state index contributed by atoms with van der Waals surface area (Å²) in [5, 5.41) is 8.85. The molecule has 3 rings (SSSR count). The van der Waals surface area contributed by atoms with Crippen LogP contribution in [0.25, 0.3) is 0 Å². The number of anilines is 2. The summed E-state index contributed by atoms with van der Waals surface area (Å²) in [7, 11) is 0. The van der Waals surface area contributed by atoms with Gasteiger partial charge in [0, 0.05) is 36.4 Å². The number of unbranched alkanes of at least 4 members (excludes halogenated alkanes) is 1. The highest BCUT2D eigenvalue weighted by Crippen LogP contribution is 2.22. The van der Waals surface area contributed by atoms with Crippen LogP contribution in [0.5, 0.6) is 0 Å². The van der Waals surface area contributed by atoms with E-state index in [1.165, 1.54) is 0 Å². The molecule has 8 heteroatoms. The maximum Gasteiger partial charge on any atom is 0.257 e. The summed E-state index contributed by atoms with van der Waals surface area (Å²) < 4.78 is 5.35. The first kappa shape index (κ1) is 26.8. The van der Waals surface area contributed by atoms with Gasteiger partial charge in [-0.25, -0.2) is 0 Å². The number of carbonyl (C=O) groups is 2. The average Bonchev–Trinajstić information content (AvgIpc) is 2.83. The van der Waals surface area contributed by atoms with Gasteiger partial charge in [0.1, 0.15) is 0 Å². The predicted octanol–water partition coefficient (Wildman–Crippen LogP) is 4.55. The minimum Gasteiger partial charge on any atom is -0.379 e. The number of benzene rings is 2. The van der Waals surface area contributed by atoms with Crippen LogP contribution < -0.4 is 16.0 Å². The summed E-state index contributed by atoms with van der Waals surface area (Å²) in [6.45, 7) is 11.0. The Balaban J connectivity index is 1.38. The Labute approximate surface area is 213 Å². The molecule has 0 atom stereocenters. The first-order valence-electron chi connectivity index (χ1n) is 12.1. The number of hydrogen-bond donors (Lipinski definition) is 3. The molecule has 1 fully saturated rings. The number of morpholine rings is 1. The molecule has 0 radical (unpaired) electrons. The third kappa shape index (κ3) is 9.05. The van der Waals surface area contributed by atoms with Gasteiger partial charge in [-0.05, 0) is 79.0 Å². The van der Waals surface area contributed by atoms with E-state index in [1.807, 2.05) is 36.4 Å². The van der Waals surface area contributed by atoms with Crippen LogP contribution in [-0.2, 0) is 14.9 Å². The molecular formula is C27H36N4O3S. The molecule has 188 valence electrons. The van der Waals surface area contributed by atoms with Gasteiger partial charge in [0.25, 0.3) is 5.91 Å². The van der Waals surface area contributed by atoms with E-state index in [2.05, 4.69) is 41.6 Å². The second-order valence-corrected chi connectivity index (χ2v) is 10.2. The lowest BCUT2D eigenvalue weighted by Gasteiger charge is -2.26. The molecule has 2 amide bonds. The maximum atomic E-state index is 12.5. The van der Waals surface area contributed by atoms with Crippen LogP contribution in [0.4, 0.5) is 11.4 Å². The van der Waals surface area contributed by atoms with Gasteiger partial charge in [0.05, 0.1) is 13.2 Å². The van der Waals surface area contributed by atoms with Crippen LogP contribution in [-0.4, -0.2) is 54.7 Å². The number of ether oxygens (including phenoxy) is 1. The second kappa shape index (κ2) is 12.8. The highest BCUT2D eigenvalue weighted by molar-refractivity contribution is 7.80. The Morgan fingerprint density at radius 3 is 2.11 bits per heavy atom. The first-order chi connectivity index (χ1) is 16.7. The molecule has 2 aromatic rings. The summed E-state index contributed by atoms with van der Waals surface area (Å²) in [6.07, 6.45) is 2.35. The fourth-order valence-electron chi connectivity index (χ4n) is 3.77. The van der Waals surface area contributed by atoms with Crippen LogP contribution in [0.2, 0.25) is 0 Å². The largest absolute Gasteiger partial charge is 0.379 e. The van der Waals surface area contributed by atoms with Gasteiger partial charge in [-0.2, -0.15) is 0 Å². The number of thiocarbonyl (C=S) groups is 1. The lowest BCUT2D eigenvalue weighted by atomic mass is 9.87. The standard InChI is InChI=1S/C27H36N4O3S/c1-27(2,3)21-9-7-20(8-10-21)25(33)30-26(35)29-23-13-11-22(12-14-23)28-24(32)6-4-5-15-31-16-18-34-19-17-31/h7-14H,4-6,15-19H2,1-3H3,(H,28,32)(H2,29,30,33,35). The lowest BCUT2D eigenvalue weighted by molar-refractivity contribution is -0.116. The normalized spacial score (nSPS) is 14.3. The SMILES string of the molecule is CC(C)(C)c1ccc(C(=O)NC(=S)Nc2ccc(NC(=O)CCCCN3CCOCC3)cc2)cc1. The Morgan fingerprint density at radius 1 is 0.914 bits per heavy atom. The van der Waals surface area contributed by atoms with E-state index in [9.17, 15) is 9.59 Å². The van der Waals surface area contributed by atoms with E-state index < -0.39 is 0 Å². The highest BCUT2D eigenvalue weighted by atomic mass is 32.1. The van der Waals surface area contributed by atoms with Crippen molar-refractivity contribution in [2.24, 2.45) is 0 Å². The Bertz CT molecular complexity index is 995. The second-order valence-electron chi connectivity index (χ2n) is 9.77. The molecule has 0 aromatic heterocycles. The molecule has 35 heavy (non-hydrogen) atoms. The van der Waals surface area contributed by atoms with Crippen molar-refractivity contribution in [2.75, 3.05) is 43.5 Å². The highest BCUT2D eigenvalue weighted by Gasteiger charge is 2.15. The predicted molar refractivity (Wildman–Crippen MR) is 145 cm³/mol. The van der Waals surface area contributed by atoms with Gasteiger partial charge >= 0.3 is 0 Å². The summed E-state index contributed by atoms with van der Waals surface area (Å²) in [6, 6.07) is 14.8. The number of hydrogen-bond acceptors (Lipinski definition) is 5. The van der Waals surface area contributed by atoms with Gasteiger partial charge in [-0.3, -0.25) is 19.8 Å². The van der Waals surface area contributed by atoms with E-state index in [0.717, 1.165) is 62.6 Å². The molecule has 0 spiro atoms. The maximum absolute atomic E-state index is 12.5. The van der Waals surface area contributed by atoms with Crippen LogP contribution in [0, 0.1) is 0 Å². The van der Waals surface area contributed by atoms with Crippen LogP contribution in [0.1, 0.15) is 56.0 Å². The van der Waals surface area contributed by atoms with Gasteiger partial charge in [-0.1, -0.05) is 32.9 Å². The number of rotatable bonds is 8. The fourth-order valence-corrected chi connectivity index (χ4v) is 3.98. The summed E-state index contributed by atoms with van der Waals surface area (Å²) in [5.41, 5.74) is 3.19. The van der Waals surface area contributed by atoms with Gasteiger partial charge in [0.2, 0.25) is 5.91 Å². The van der Waals surface area contributed by atoms with Crippen molar-refractivity contribution in [2.45, 2.75) is 45.4 Å². The van der Waals surface area contributed by atoms with Gasteiger partial charge in [0.15, 0.2) is 5.11 Å². The molecule has 3 N–H and O–H groups in total. The van der Waals surface area contributed by atoms with E-state index >= 15 is 0 Å². The molecule has 1 heterocycles. The first-order valence-corrected chi connectivity index (χ1v) is 12.5. The molecule has 0 bridgehead atoms. The lowest BCUT2D eigenvalue weighted by Crippen LogP contribution is -2.36. The molecule has 0 aliphatic carbocycles. The van der Waals surface area contributed by atoms with E-state index in [1.54, 1.807) is 12.1 Å². The molecule has 0 unspecified atom stereocenters. The van der Waals surface area contributed by atoms with Gasteiger partial charge in [-0.15, -0.1) is 0 Å². The van der Waals surface area contributed by atoms with Crippen molar-refractivity contribution in [3.05, 3.63) is 59.7 Å². The monoisotopic (exact) mass is 496 g/mol. The van der Waals surface area contributed by atoms with Crippen molar-refractivity contribution in [1.29, 1.82) is 0 Å². The Hall–Kier alpha value is -2.81. The summed E-state index contributed by atoms with van der Waals surface area (Å²) in [5.74, 6) is -0.256.